The molecule has 1 aliphatic heterocycles. The molecule has 0 atom stereocenters. The number of nitrogens with zero attached hydrogens (tertiary/aromatic N) is 10. The number of nitrogens with one attached hydrogen (secondary N) is 3. The third-order valence-corrected chi connectivity index (χ3v) is 12.3. The van der Waals surface area contributed by atoms with Gasteiger partial charge >= 0.3 is 0 Å². The molecule has 0 spiro atoms. The number of hydrogen-bond acceptors (Lipinski definition) is 13. The van der Waals surface area contributed by atoms with Crippen LogP contribution in [0.2, 0.25) is 0 Å². The zero-order valence-electron chi connectivity index (χ0n) is 36.5. The minimum atomic E-state index is -0.724. The van der Waals surface area contributed by atoms with Crippen molar-refractivity contribution in [3.8, 4) is 17.0 Å². The highest BCUT2D eigenvalue weighted by Gasteiger charge is 2.27. The molecule has 0 bridgehead atoms. The summed E-state index contributed by atoms with van der Waals surface area (Å²) in [6, 6.07) is 12.9. The Morgan fingerprint density at radius 2 is 1.85 bits per heavy atom. The van der Waals surface area contributed by atoms with Gasteiger partial charge in [-0.3, -0.25) is 9.59 Å². The van der Waals surface area contributed by atoms with Gasteiger partial charge in [-0.15, -0.1) is 0 Å². The summed E-state index contributed by atoms with van der Waals surface area (Å²) in [4.78, 5) is 53.8. The van der Waals surface area contributed by atoms with E-state index in [1.54, 1.807) is 30.8 Å². The molecule has 5 N–H and O–H groups in total. The lowest BCUT2D eigenvalue weighted by Gasteiger charge is -2.27. The molecule has 5 heterocycles. The molecule has 4 aromatic heterocycles. The minimum absolute atomic E-state index is 0.0169. The number of rotatable bonds is 15. The Bertz CT molecular complexity index is 3040. The number of amides is 2. The second kappa shape index (κ2) is 18.4. The van der Waals surface area contributed by atoms with E-state index in [1.165, 1.54) is 29.4 Å². The molecule has 3 aromatic carbocycles. The predicted octanol–water partition coefficient (Wildman–Crippen LogP) is 6.42. The first kappa shape index (κ1) is 44.2. The first-order valence-electron chi connectivity index (χ1n) is 21.5. The number of benzene rings is 3. The number of aromatic nitrogens is 8. The molecule has 20 heteroatoms. The van der Waals surface area contributed by atoms with Gasteiger partial charge in [0.2, 0.25) is 11.9 Å². The van der Waals surface area contributed by atoms with Gasteiger partial charge in [-0.25, -0.2) is 23.7 Å². The van der Waals surface area contributed by atoms with Gasteiger partial charge in [-0.1, -0.05) is 18.7 Å². The average Bonchev–Trinajstić information content (AvgIpc) is 4.02. The summed E-state index contributed by atoms with van der Waals surface area (Å²) in [6.07, 6.45) is 4.88. The van der Waals surface area contributed by atoms with Gasteiger partial charge in [0.05, 0.1) is 46.9 Å². The van der Waals surface area contributed by atoms with Crippen LogP contribution in [-0.4, -0.2) is 102 Å². The van der Waals surface area contributed by atoms with Crippen LogP contribution in [0.15, 0.2) is 77.7 Å². The van der Waals surface area contributed by atoms with E-state index in [-0.39, 0.29) is 66.2 Å². The number of anilines is 4. The minimum Gasteiger partial charge on any atom is -0.486 e. The molecule has 9 rings (SSSR count). The van der Waals surface area contributed by atoms with E-state index in [2.05, 4.69) is 58.4 Å². The van der Waals surface area contributed by atoms with Crippen LogP contribution in [0, 0.1) is 25.5 Å². The van der Waals surface area contributed by atoms with Crippen LogP contribution in [0.4, 0.5) is 32.2 Å². The summed E-state index contributed by atoms with van der Waals surface area (Å²) in [5, 5.41) is 13.9. The molecule has 1 saturated carbocycles. The fourth-order valence-electron chi connectivity index (χ4n) is 7.99. The lowest BCUT2D eigenvalue weighted by atomic mass is 10.0. The van der Waals surface area contributed by atoms with Crippen molar-refractivity contribution in [2.45, 2.75) is 45.7 Å². The Morgan fingerprint density at radius 1 is 1.05 bits per heavy atom. The maximum absolute atomic E-state index is 15.2. The van der Waals surface area contributed by atoms with Gasteiger partial charge in [0.15, 0.2) is 17.2 Å². The van der Waals surface area contributed by atoms with Crippen LogP contribution in [0.25, 0.3) is 27.9 Å². The van der Waals surface area contributed by atoms with E-state index in [1.807, 2.05) is 29.7 Å². The van der Waals surface area contributed by atoms with Crippen molar-refractivity contribution in [3.05, 3.63) is 117 Å². The van der Waals surface area contributed by atoms with Crippen molar-refractivity contribution in [1.29, 1.82) is 0 Å². The van der Waals surface area contributed by atoms with Gasteiger partial charge in [0, 0.05) is 50.1 Å². The number of fused-ring (bicyclic) bond motifs is 2. The van der Waals surface area contributed by atoms with Gasteiger partial charge in [0.25, 0.3) is 11.8 Å². The predicted molar refractivity (Wildman–Crippen MR) is 251 cm³/mol. The fourth-order valence-corrected chi connectivity index (χ4v) is 8.33. The van der Waals surface area contributed by atoms with Gasteiger partial charge in [-0.2, -0.15) is 19.6 Å². The highest BCUT2D eigenvalue weighted by molar-refractivity contribution is 9.10. The molecule has 0 radical (unpaired) electrons. The van der Waals surface area contributed by atoms with E-state index >= 15 is 8.78 Å². The van der Waals surface area contributed by atoms with E-state index < -0.39 is 17.5 Å². The van der Waals surface area contributed by atoms with Crippen LogP contribution in [-0.2, 0) is 17.9 Å². The number of halogens is 3. The Labute approximate surface area is 386 Å². The van der Waals surface area contributed by atoms with Crippen molar-refractivity contribution >= 4 is 67.8 Å². The normalized spacial score (nSPS) is 13.9. The first-order valence-corrected chi connectivity index (χ1v) is 22.3. The quantitative estimate of drug-likeness (QED) is 0.0823. The summed E-state index contributed by atoms with van der Waals surface area (Å²) in [6.45, 7) is 11.5. The molecule has 17 nitrogen and oxygen atoms in total. The largest absolute Gasteiger partial charge is 0.486 e. The molecular formula is C46H47BrF2N14O3. The van der Waals surface area contributed by atoms with E-state index in [9.17, 15) is 9.59 Å². The number of nitrogens with two attached hydrogens (primary N) is 1. The molecule has 0 unspecified atom stereocenters. The number of nitrogen functional groups attached to an aromatic ring is 1. The van der Waals surface area contributed by atoms with Crippen LogP contribution >= 0.6 is 15.9 Å². The SMILES string of the molecule is C=C(Cn1c(CNc2nc(N3CCNCC3)nc3c(Br)cnn23)nc2cc(C)ccc21)C(=O)N(C)CCOc1c(N)ncnc1-c1cc(F)cc(NC(=O)c2ccc(C3CC3)cc2F)c1C. The Morgan fingerprint density at radius 3 is 2.62 bits per heavy atom. The number of piperazine rings is 1. The van der Waals surface area contributed by atoms with Crippen LogP contribution in [0.5, 0.6) is 5.75 Å². The highest BCUT2D eigenvalue weighted by atomic mass is 79.9. The monoisotopic (exact) mass is 960 g/mol. The number of carbonyl (C=O) groups excluding carboxylic acids is 2. The van der Waals surface area contributed by atoms with Crippen molar-refractivity contribution in [1.82, 2.24) is 49.3 Å². The van der Waals surface area contributed by atoms with Crippen LogP contribution in [0.3, 0.4) is 0 Å². The summed E-state index contributed by atoms with van der Waals surface area (Å²) in [5.74, 6) is -0.304. The third kappa shape index (κ3) is 9.10. The number of carbonyl (C=O) groups is 2. The van der Waals surface area contributed by atoms with Crippen molar-refractivity contribution in [3.63, 3.8) is 0 Å². The number of hydrogen-bond donors (Lipinski definition) is 4. The topological polar surface area (TPSA) is 199 Å². The van der Waals surface area contributed by atoms with Crippen molar-refractivity contribution in [2.75, 3.05) is 67.6 Å². The summed E-state index contributed by atoms with van der Waals surface area (Å²) in [7, 11) is 1.63. The molecular weight excluding hydrogens is 915 g/mol. The van der Waals surface area contributed by atoms with Gasteiger partial charge in [0.1, 0.15) is 36.1 Å². The lowest BCUT2D eigenvalue weighted by molar-refractivity contribution is -0.126. The Kier molecular flexibility index (Phi) is 12.3. The molecule has 1 saturated heterocycles. The molecule has 2 fully saturated rings. The molecule has 340 valence electrons. The standard InChI is InChI=1S/C46H47BrF2N14O3/c1-25-5-10-37-36(17-25)56-38(22-52-45-59-46(61-13-11-51-12-14-61)58-42-33(47)21-55-63(42)45)62(37)23-26(2)44(65)60(4)15-16-66-40-39(53-24-54-41(40)50)32-19-30(48)20-35(27(32)3)57-43(64)31-9-8-29(18-34(31)49)28-6-7-28/h5,8-10,17-21,24,28,51H,2,6-7,11-16,22-23H2,1,3-4H3,(H,57,64)(H2,50,53,54)(H,52,58,59). The van der Waals surface area contributed by atoms with Gasteiger partial charge < -0.3 is 40.8 Å². The lowest BCUT2D eigenvalue weighted by Crippen LogP contribution is -2.44. The van der Waals surface area contributed by atoms with Crippen LogP contribution < -0.4 is 31.3 Å². The molecule has 2 amide bonds. The molecule has 1 aliphatic carbocycles. The zero-order chi connectivity index (χ0) is 46.2. The van der Waals surface area contributed by atoms with Crippen LogP contribution in [0.1, 0.15) is 51.6 Å². The number of likely N-dealkylation sites (N-methyl/N-ethyl adjacent to an activating group) is 1. The van der Waals surface area contributed by atoms with Crippen molar-refractivity contribution in [2.24, 2.45) is 0 Å². The zero-order valence-corrected chi connectivity index (χ0v) is 38.1. The summed E-state index contributed by atoms with van der Waals surface area (Å²) in [5.41, 5.74) is 11.5. The maximum atomic E-state index is 15.2. The number of ether oxygens (including phenoxy) is 1. The maximum Gasteiger partial charge on any atom is 0.258 e. The smallest absolute Gasteiger partial charge is 0.258 e. The third-order valence-electron chi connectivity index (χ3n) is 11.8. The second-order valence-corrected chi connectivity index (χ2v) is 17.3. The second-order valence-electron chi connectivity index (χ2n) is 16.5. The molecule has 2 aliphatic rings. The Balaban J connectivity index is 0.884. The average molecular weight is 962 g/mol. The summed E-state index contributed by atoms with van der Waals surface area (Å²) < 4.78 is 40.7. The van der Waals surface area contributed by atoms with E-state index in [4.69, 9.17) is 25.4 Å². The molecule has 7 aromatic rings. The fraction of sp³-hybridized carbons (Fsp3) is 0.304. The van der Waals surface area contributed by atoms with E-state index in [0.717, 1.165) is 71.7 Å². The Hall–Kier alpha value is -7.06. The highest BCUT2D eigenvalue weighted by Crippen LogP contribution is 2.41. The first-order chi connectivity index (χ1) is 31.8. The van der Waals surface area contributed by atoms with Gasteiger partial charge in [-0.05, 0) is 102 Å². The number of aryl methyl sites for hydroxylation is 1. The van der Waals surface area contributed by atoms with E-state index in [0.29, 0.717) is 40.4 Å². The number of imidazole rings is 1. The van der Waals surface area contributed by atoms with Crippen molar-refractivity contribution < 1.29 is 23.1 Å². The summed E-state index contributed by atoms with van der Waals surface area (Å²) >= 11 is 3.57. The molecule has 66 heavy (non-hydrogen) atoms.